The molecule has 2 aliphatic rings. The van der Waals surface area contributed by atoms with Gasteiger partial charge in [0, 0.05) is 13.5 Å². The SMILES string of the molecule is CO[C@H]1OC(C)[C@@H](O)C2CC1OC(C)(C)O2. The van der Waals surface area contributed by atoms with Crippen LogP contribution in [0.25, 0.3) is 0 Å². The summed E-state index contributed by atoms with van der Waals surface area (Å²) in [6.07, 6.45) is -1.28. The molecule has 0 aromatic rings. The molecule has 2 saturated heterocycles. The Bertz CT molecular complexity index is 255. The van der Waals surface area contributed by atoms with E-state index < -0.39 is 18.2 Å². The van der Waals surface area contributed by atoms with E-state index >= 15 is 0 Å². The Kier molecular flexibility index (Phi) is 3.25. The van der Waals surface area contributed by atoms with Crippen LogP contribution in [0.2, 0.25) is 0 Å². The first-order chi connectivity index (χ1) is 7.43. The van der Waals surface area contributed by atoms with Crippen LogP contribution in [0, 0.1) is 0 Å². The van der Waals surface area contributed by atoms with E-state index in [-0.39, 0.29) is 18.3 Å². The predicted molar refractivity (Wildman–Crippen MR) is 55.8 cm³/mol. The number of ether oxygens (including phenoxy) is 4. The molecule has 0 amide bonds. The van der Waals surface area contributed by atoms with Crippen LogP contribution in [0.4, 0.5) is 0 Å². The van der Waals surface area contributed by atoms with Crippen molar-refractivity contribution in [1.29, 1.82) is 0 Å². The van der Waals surface area contributed by atoms with Gasteiger partial charge in [0.15, 0.2) is 12.1 Å². The minimum absolute atomic E-state index is 0.196. The first kappa shape index (κ1) is 12.3. The van der Waals surface area contributed by atoms with Gasteiger partial charge in [-0.05, 0) is 20.8 Å². The molecule has 0 spiro atoms. The summed E-state index contributed by atoms with van der Waals surface area (Å²) in [5.74, 6) is -0.710. The summed E-state index contributed by atoms with van der Waals surface area (Å²) < 4.78 is 22.3. The number of rotatable bonds is 1. The summed E-state index contributed by atoms with van der Waals surface area (Å²) in [4.78, 5) is 0. The van der Waals surface area contributed by atoms with Crippen molar-refractivity contribution in [3.05, 3.63) is 0 Å². The van der Waals surface area contributed by atoms with Gasteiger partial charge >= 0.3 is 0 Å². The van der Waals surface area contributed by atoms with E-state index in [2.05, 4.69) is 0 Å². The largest absolute Gasteiger partial charge is 0.388 e. The van der Waals surface area contributed by atoms with Crippen LogP contribution >= 0.6 is 0 Å². The first-order valence-electron chi connectivity index (χ1n) is 5.65. The molecule has 3 unspecified atom stereocenters. The molecule has 5 nitrogen and oxygen atoms in total. The quantitative estimate of drug-likeness (QED) is 0.719. The fourth-order valence-electron chi connectivity index (χ4n) is 2.35. The van der Waals surface area contributed by atoms with E-state index in [1.807, 2.05) is 20.8 Å². The molecule has 16 heavy (non-hydrogen) atoms. The second-order valence-electron chi connectivity index (χ2n) is 4.88. The van der Waals surface area contributed by atoms with Gasteiger partial charge in [0.05, 0.1) is 12.2 Å². The van der Waals surface area contributed by atoms with Gasteiger partial charge in [-0.25, -0.2) is 0 Å². The van der Waals surface area contributed by atoms with E-state index in [1.54, 1.807) is 7.11 Å². The Morgan fingerprint density at radius 2 is 1.88 bits per heavy atom. The van der Waals surface area contributed by atoms with Crippen molar-refractivity contribution in [3.8, 4) is 0 Å². The summed E-state index contributed by atoms with van der Waals surface area (Å²) in [5, 5.41) is 10.1. The van der Waals surface area contributed by atoms with Gasteiger partial charge in [-0.3, -0.25) is 0 Å². The number of fused-ring (bicyclic) bond motifs is 2. The molecule has 2 heterocycles. The molecule has 1 N–H and O–H groups in total. The highest BCUT2D eigenvalue weighted by molar-refractivity contribution is 4.88. The predicted octanol–water partition coefficient (Wildman–Crippen LogP) is 0.649. The number of methoxy groups -OCH3 is 1. The molecular formula is C11H20O5. The maximum absolute atomic E-state index is 10.1. The monoisotopic (exact) mass is 232 g/mol. The van der Waals surface area contributed by atoms with Crippen molar-refractivity contribution >= 4 is 0 Å². The van der Waals surface area contributed by atoms with E-state index in [4.69, 9.17) is 18.9 Å². The lowest BCUT2D eigenvalue weighted by atomic mass is 10.0. The van der Waals surface area contributed by atoms with Crippen LogP contribution in [0.1, 0.15) is 27.2 Å². The van der Waals surface area contributed by atoms with E-state index in [0.717, 1.165) is 0 Å². The van der Waals surface area contributed by atoms with E-state index in [1.165, 1.54) is 0 Å². The smallest absolute Gasteiger partial charge is 0.184 e. The van der Waals surface area contributed by atoms with Gasteiger partial charge in [-0.2, -0.15) is 0 Å². The summed E-state index contributed by atoms with van der Waals surface area (Å²) in [6.45, 7) is 5.48. The zero-order chi connectivity index (χ0) is 11.9. The molecule has 0 saturated carbocycles. The Morgan fingerprint density at radius 3 is 2.50 bits per heavy atom. The van der Waals surface area contributed by atoms with Crippen LogP contribution in [0.15, 0.2) is 0 Å². The Labute approximate surface area is 95.6 Å². The van der Waals surface area contributed by atoms with Gasteiger partial charge < -0.3 is 24.1 Å². The second kappa shape index (κ2) is 4.23. The first-order valence-corrected chi connectivity index (χ1v) is 5.65. The van der Waals surface area contributed by atoms with Crippen molar-refractivity contribution in [1.82, 2.24) is 0 Å². The molecule has 2 bridgehead atoms. The topological polar surface area (TPSA) is 57.2 Å². The van der Waals surface area contributed by atoms with Gasteiger partial charge in [0.1, 0.15) is 12.2 Å². The van der Waals surface area contributed by atoms with Crippen LogP contribution in [-0.2, 0) is 18.9 Å². The molecule has 2 rings (SSSR count). The normalized spacial score (nSPS) is 47.4. The highest BCUT2D eigenvalue weighted by atomic mass is 16.8. The van der Waals surface area contributed by atoms with Crippen molar-refractivity contribution in [2.75, 3.05) is 7.11 Å². The zero-order valence-electron chi connectivity index (χ0n) is 10.2. The Hall–Kier alpha value is -0.200. The lowest BCUT2D eigenvalue weighted by Crippen LogP contribution is -2.50. The Morgan fingerprint density at radius 1 is 1.25 bits per heavy atom. The summed E-state index contributed by atoms with van der Waals surface area (Å²) in [7, 11) is 1.58. The average Bonchev–Trinajstić information content (AvgIpc) is 2.28. The molecule has 2 fully saturated rings. The molecule has 5 atom stereocenters. The molecular weight excluding hydrogens is 212 g/mol. The summed E-state index contributed by atoms with van der Waals surface area (Å²) >= 11 is 0. The maximum atomic E-state index is 10.1. The summed E-state index contributed by atoms with van der Waals surface area (Å²) in [6, 6.07) is 0. The molecule has 0 radical (unpaired) electrons. The number of hydrogen-bond donors (Lipinski definition) is 1. The van der Waals surface area contributed by atoms with E-state index in [9.17, 15) is 5.11 Å². The highest BCUT2D eigenvalue weighted by Gasteiger charge is 2.47. The lowest BCUT2D eigenvalue weighted by Gasteiger charge is -2.41. The van der Waals surface area contributed by atoms with Crippen LogP contribution in [0.5, 0.6) is 0 Å². The molecule has 0 aliphatic carbocycles. The van der Waals surface area contributed by atoms with Crippen LogP contribution < -0.4 is 0 Å². The maximum Gasteiger partial charge on any atom is 0.184 e. The lowest BCUT2D eigenvalue weighted by molar-refractivity contribution is -0.329. The van der Waals surface area contributed by atoms with Crippen molar-refractivity contribution in [2.24, 2.45) is 0 Å². The van der Waals surface area contributed by atoms with Crippen LogP contribution in [-0.4, -0.2) is 48.7 Å². The van der Waals surface area contributed by atoms with E-state index in [0.29, 0.717) is 6.42 Å². The number of hydrogen-bond acceptors (Lipinski definition) is 5. The van der Waals surface area contributed by atoms with Gasteiger partial charge in [0.2, 0.25) is 0 Å². The molecule has 2 aliphatic heterocycles. The number of aliphatic hydroxyl groups is 1. The van der Waals surface area contributed by atoms with Crippen molar-refractivity contribution in [2.45, 2.75) is 63.7 Å². The fourth-order valence-corrected chi connectivity index (χ4v) is 2.35. The van der Waals surface area contributed by atoms with Crippen molar-refractivity contribution < 1.29 is 24.1 Å². The third-order valence-electron chi connectivity index (χ3n) is 3.08. The standard InChI is InChI=1S/C11H20O5/c1-6-9(12)7-5-8(10(13-4)14-6)16-11(2,3)15-7/h6-10,12H,5H2,1-4H3/t6?,7?,8?,9-,10+/m1/s1. The molecule has 0 aromatic heterocycles. The van der Waals surface area contributed by atoms with Gasteiger partial charge in [-0.1, -0.05) is 0 Å². The van der Waals surface area contributed by atoms with Gasteiger partial charge in [0.25, 0.3) is 0 Å². The fraction of sp³-hybridized carbons (Fsp3) is 1.00. The molecule has 5 heteroatoms. The molecule has 94 valence electrons. The second-order valence-corrected chi connectivity index (χ2v) is 4.88. The number of aliphatic hydroxyl groups excluding tert-OH is 1. The van der Waals surface area contributed by atoms with Crippen molar-refractivity contribution in [3.63, 3.8) is 0 Å². The third kappa shape index (κ3) is 2.24. The molecule has 0 aromatic carbocycles. The Balaban J connectivity index is 2.22. The van der Waals surface area contributed by atoms with Gasteiger partial charge in [-0.15, -0.1) is 0 Å². The highest BCUT2D eigenvalue weighted by Crippen LogP contribution is 2.34. The third-order valence-corrected chi connectivity index (χ3v) is 3.08. The minimum atomic E-state index is -0.710. The minimum Gasteiger partial charge on any atom is -0.388 e. The van der Waals surface area contributed by atoms with Crippen LogP contribution in [0.3, 0.4) is 0 Å². The summed E-state index contributed by atoms with van der Waals surface area (Å²) in [5.41, 5.74) is 0. The zero-order valence-corrected chi connectivity index (χ0v) is 10.2. The average molecular weight is 232 g/mol.